The van der Waals surface area contributed by atoms with Gasteiger partial charge in [0.1, 0.15) is 11.2 Å². The minimum Gasteiger partial charge on any atom is -0.497 e. The number of hydrogen-bond acceptors (Lipinski definition) is 5. The Bertz CT molecular complexity index is 741. The summed E-state index contributed by atoms with van der Waals surface area (Å²) in [7, 11) is 1.54. The molecule has 126 valence electrons. The molecule has 6 nitrogen and oxygen atoms in total. The number of rotatable bonds is 6. The second kappa shape index (κ2) is 7.12. The van der Waals surface area contributed by atoms with Crippen LogP contribution in [0.2, 0.25) is 0 Å². The second-order valence-electron chi connectivity index (χ2n) is 5.35. The molecule has 0 amide bonds. The highest BCUT2D eigenvalue weighted by atomic mass is 16.6. The van der Waals surface area contributed by atoms with Crippen LogP contribution >= 0.6 is 0 Å². The highest BCUT2D eigenvalue weighted by molar-refractivity contribution is 5.88. The van der Waals surface area contributed by atoms with Gasteiger partial charge >= 0.3 is 5.97 Å². The Balaban J connectivity index is 2.68. The maximum Gasteiger partial charge on any atom is 0.321 e. The third-order valence-electron chi connectivity index (χ3n) is 3.99. The van der Waals surface area contributed by atoms with E-state index in [0.29, 0.717) is 16.9 Å². The number of nitro groups is 1. The summed E-state index contributed by atoms with van der Waals surface area (Å²) in [6.45, 7) is 3.52. The zero-order chi connectivity index (χ0) is 17.7. The van der Waals surface area contributed by atoms with Crippen LogP contribution in [0.25, 0.3) is 0 Å². The van der Waals surface area contributed by atoms with Gasteiger partial charge in [0.15, 0.2) is 0 Å². The standard InChI is InChI=1S/C18H19NO5/c1-4-24-17(20)18(2,13-9-11-14(23-3)12-10-13)15-7-5-6-8-16(15)19(21)22/h5-12H,4H2,1-3H3. The van der Waals surface area contributed by atoms with Crippen molar-refractivity contribution in [3.8, 4) is 5.75 Å². The molecule has 0 bridgehead atoms. The molecule has 2 rings (SSSR count). The average molecular weight is 329 g/mol. The van der Waals surface area contributed by atoms with Crippen molar-refractivity contribution in [2.45, 2.75) is 19.3 Å². The lowest BCUT2D eigenvalue weighted by atomic mass is 9.75. The van der Waals surface area contributed by atoms with Gasteiger partial charge in [-0.3, -0.25) is 14.9 Å². The van der Waals surface area contributed by atoms with Crippen molar-refractivity contribution >= 4 is 11.7 Å². The summed E-state index contributed by atoms with van der Waals surface area (Å²) in [6, 6.07) is 13.1. The topological polar surface area (TPSA) is 78.7 Å². The van der Waals surface area contributed by atoms with Crippen molar-refractivity contribution in [2.24, 2.45) is 0 Å². The predicted octanol–water partition coefficient (Wildman–Crippen LogP) is 3.47. The van der Waals surface area contributed by atoms with Gasteiger partial charge in [0.25, 0.3) is 5.69 Å². The van der Waals surface area contributed by atoms with Crippen LogP contribution in [-0.2, 0) is 14.9 Å². The van der Waals surface area contributed by atoms with Gasteiger partial charge in [0.2, 0.25) is 0 Å². The summed E-state index contributed by atoms with van der Waals surface area (Å²) < 4.78 is 10.3. The van der Waals surface area contributed by atoms with Crippen molar-refractivity contribution in [3.63, 3.8) is 0 Å². The predicted molar refractivity (Wildman–Crippen MR) is 89.2 cm³/mol. The Hall–Kier alpha value is -2.89. The van der Waals surface area contributed by atoms with E-state index in [4.69, 9.17) is 9.47 Å². The first-order valence-electron chi connectivity index (χ1n) is 7.50. The van der Waals surface area contributed by atoms with Crippen LogP contribution in [0.4, 0.5) is 5.69 Å². The Morgan fingerprint density at radius 3 is 2.33 bits per heavy atom. The molecule has 2 aromatic carbocycles. The fourth-order valence-electron chi connectivity index (χ4n) is 2.64. The van der Waals surface area contributed by atoms with E-state index in [0.717, 1.165) is 0 Å². The van der Waals surface area contributed by atoms with Crippen LogP contribution in [-0.4, -0.2) is 24.6 Å². The number of esters is 1. The zero-order valence-electron chi connectivity index (χ0n) is 13.8. The fraction of sp³-hybridized carbons (Fsp3) is 0.278. The number of nitrogens with zero attached hydrogens (tertiary/aromatic N) is 1. The third-order valence-corrected chi connectivity index (χ3v) is 3.99. The molecule has 1 atom stereocenters. The van der Waals surface area contributed by atoms with Crippen molar-refractivity contribution in [2.75, 3.05) is 13.7 Å². The van der Waals surface area contributed by atoms with E-state index < -0.39 is 16.3 Å². The molecule has 0 aliphatic rings. The van der Waals surface area contributed by atoms with E-state index in [1.165, 1.54) is 6.07 Å². The number of para-hydroxylation sites is 1. The average Bonchev–Trinajstić information content (AvgIpc) is 2.61. The Morgan fingerprint density at radius 2 is 1.79 bits per heavy atom. The largest absolute Gasteiger partial charge is 0.497 e. The molecular weight excluding hydrogens is 310 g/mol. The van der Waals surface area contributed by atoms with Crippen LogP contribution in [0.15, 0.2) is 48.5 Å². The summed E-state index contributed by atoms with van der Waals surface area (Å²) in [5.74, 6) is 0.0944. The van der Waals surface area contributed by atoms with Gasteiger partial charge in [-0.15, -0.1) is 0 Å². The lowest BCUT2D eigenvalue weighted by Gasteiger charge is -2.28. The van der Waals surface area contributed by atoms with E-state index in [-0.39, 0.29) is 12.3 Å². The van der Waals surface area contributed by atoms with Gasteiger partial charge in [-0.25, -0.2) is 0 Å². The highest BCUT2D eigenvalue weighted by Gasteiger charge is 2.43. The Kier molecular flexibility index (Phi) is 5.18. The van der Waals surface area contributed by atoms with Gasteiger partial charge < -0.3 is 9.47 Å². The van der Waals surface area contributed by atoms with Crippen LogP contribution < -0.4 is 4.74 Å². The minimum absolute atomic E-state index is 0.121. The second-order valence-corrected chi connectivity index (χ2v) is 5.35. The molecule has 0 aromatic heterocycles. The molecule has 0 aliphatic heterocycles. The normalized spacial score (nSPS) is 13.0. The number of methoxy groups -OCH3 is 1. The molecule has 0 fully saturated rings. The SMILES string of the molecule is CCOC(=O)C(C)(c1ccc(OC)cc1)c1ccccc1[N+](=O)[O-]. The monoisotopic (exact) mass is 329 g/mol. The highest BCUT2D eigenvalue weighted by Crippen LogP contribution is 2.39. The maximum atomic E-state index is 12.7. The first-order valence-corrected chi connectivity index (χ1v) is 7.50. The molecule has 0 radical (unpaired) electrons. The Labute approximate surface area is 140 Å². The third kappa shape index (κ3) is 3.08. The van der Waals surface area contributed by atoms with E-state index in [9.17, 15) is 14.9 Å². The number of hydrogen-bond donors (Lipinski definition) is 0. The van der Waals surface area contributed by atoms with Crippen LogP contribution in [0.3, 0.4) is 0 Å². The summed E-state index contributed by atoms with van der Waals surface area (Å²) in [4.78, 5) is 23.6. The van der Waals surface area contributed by atoms with Gasteiger partial charge in [-0.05, 0) is 31.5 Å². The fourth-order valence-corrected chi connectivity index (χ4v) is 2.64. The maximum absolute atomic E-state index is 12.7. The van der Waals surface area contributed by atoms with Gasteiger partial charge in [-0.2, -0.15) is 0 Å². The number of nitro benzene ring substituents is 1. The quantitative estimate of drug-likeness (QED) is 0.460. The summed E-state index contributed by atoms with van der Waals surface area (Å²) >= 11 is 0. The first kappa shape index (κ1) is 17.5. The number of benzene rings is 2. The van der Waals surface area contributed by atoms with Crippen molar-refractivity contribution < 1.29 is 19.2 Å². The molecule has 6 heteroatoms. The number of carbonyl (C=O) groups is 1. The lowest BCUT2D eigenvalue weighted by Crippen LogP contribution is -2.36. The van der Waals surface area contributed by atoms with Crippen molar-refractivity contribution in [1.29, 1.82) is 0 Å². The van der Waals surface area contributed by atoms with E-state index in [1.807, 2.05) is 0 Å². The number of ether oxygens (including phenoxy) is 2. The van der Waals surface area contributed by atoms with Gasteiger partial charge in [-0.1, -0.05) is 30.3 Å². The molecular formula is C18H19NO5. The minimum atomic E-state index is -1.30. The molecule has 0 saturated heterocycles. The summed E-state index contributed by atoms with van der Waals surface area (Å²) in [5, 5.41) is 11.4. The van der Waals surface area contributed by atoms with E-state index in [2.05, 4.69) is 0 Å². The zero-order valence-corrected chi connectivity index (χ0v) is 13.8. The Morgan fingerprint density at radius 1 is 1.17 bits per heavy atom. The number of carbonyl (C=O) groups excluding carboxylic acids is 1. The molecule has 0 aliphatic carbocycles. The molecule has 0 N–H and O–H groups in total. The molecule has 0 spiro atoms. The molecule has 2 aromatic rings. The molecule has 24 heavy (non-hydrogen) atoms. The van der Waals surface area contributed by atoms with E-state index in [1.54, 1.807) is 63.4 Å². The molecule has 1 unspecified atom stereocenters. The molecule has 0 heterocycles. The molecule has 0 saturated carbocycles. The summed E-state index contributed by atoms with van der Waals surface area (Å²) in [5.41, 5.74) is -0.537. The van der Waals surface area contributed by atoms with Crippen molar-refractivity contribution in [3.05, 3.63) is 69.8 Å². The lowest BCUT2D eigenvalue weighted by molar-refractivity contribution is -0.385. The van der Waals surface area contributed by atoms with Crippen LogP contribution in [0.1, 0.15) is 25.0 Å². The first-order chi connectivity index (χ1) is 11.4. The van der Waals surface area contributed by atoms with Gasteiger partial charge in [0.05, 0.1) is 24.2 Å². The summed E-state index contributed by atoms with van der Waals surface area (Å²) in [6.07, 6.45) is 0. The van der Waals surface area contributed by atoms with Crippen molar-refractivity contribution in [1.82, 2.24) is 0 Å². The van der Waals surface area contributed by atoms with E-state index >= 15 is 0 Å². The van der Waals surface area contributed by atoms with Gasteiger partial charge in [0, 0.05) is 6.07 Å². The van der Waals surface area contributed by atoms with Crippen LogP contribution in [0.5, 0.6) is 5.75 Å². The van der Waals surface area contributed by atoms with Crippen LogP contribution in [0, 0.1) is 10.1 Å². The smallest absolute Gasteiger partial charge is 0.321 e.